The first-order valence-corrected chi connectivity index (χ1v) is 7.30. The van der Waals surface area contributed by atoms with Crippen LogP contribution in [0, 0.1) is 5.82 Å². The van der Waals surface area contributed by atoms with Gasteiger partial charge in [-0.05, 0) is 24.3 Å². The molecule has 0 radical (unpaired) electrons. The third kappa shape index (κ3) is 3.88. The molecule has 1 heterocycles. The molecular formula is C16H15B2FN4. The van der Waals surface area contributed by atoms with Crippen molar-refractivity contribution in [1.82, 2.24) is 9.97 Å². The van der Waals surface area contributed by atoms with Crippen LogP contribution in [-0.4, -0.2) is 25.7 Å². The van der Waals surface area contributed by atoms with Crippen molar-refractivity contribution in [2.45, 2.75) is 0 Å². The van der Waals surface area contributed by atoms with E-state index in [1.165, 1.54) is 0 Å². The zero-order chi connectivity index (χ0) is 16.2. The van der Waals surface area contributed by atoms with Gasteiger partial charge >= 0.3 is 0 Å². The topological polar surface area (TPSA) is 49.8 Å². The van der Waals surface area contributed by atoms with Gasteiger partial charge in [-0.25, -0.2) is 9.37 Å². The maximum atomic E-state index is 13.9. The van der Waals surface area contributed by atoms with Crippen LogP contribution in [0.4, 0.5) is 27.5 Å². The summed E-state index contributed by atoms with van der Waals surface area (Å²) >= 11 is 0. The van der Waals surface area contributed by atoms with E-state index in [0.717, 1.165) is 28.5 Å². The summed E-state index contributed by atoms with van der Waals surface area (Å²) in [7, 11) is 3.98. The lowest BCUT2D eigenvalue weighted by molar-refractivity contribution is 0.619. The predicted octanol–water partition coefficient (Wildman–Crippen LogP) is 0.620. The van der Waals surface area contributed by atoms with Crippen LogP contribution in [0.3, 0.4) is 0 Å². The van der Waals surface area contributed by atoms with Gasteiger partial charge in [0.1, 0.15) is 15.7 Å². The fraction of sp³-hybridized carbons (Fsp3) is 0. The number of halogens is 1. The van der Waals surface area contributed by atoms with E-state index in [1.54, 1.807) is 0 Å². The molecule has 0 amide bonds. The second-order valence-corrected chi connectivity index (χ2v) is 5.38. The molecule has 2 N–H and O–H groups in total. The SMILES string of the molecule is Bc1cccc(Nc2ncc(F)c(Nc3cccc(B)c3)n2)c1. The maximum Gasteiger partial charge on any atom is 0.229 e. The van der Waals surface area contributed by atoms with Crippen molar-refractivity contribution in [2.75, 3.05) is 10.6 Å². The summed E-state index contributed by atoms with van der Waals surface area (Å²) in [5, 5.41) is 6.07. The number of aromatic nitrogens is 2. The van der Waals surface area contributed by atoms with Crippen molar-refractivity contribution in [1.29, 1.82) is 0 Å². The summed E-state index contributed by atoms with van der Waals surface area (Å²) in [5.41, 5.74) is 3.85. The van der Waals surface area contributed by atoms with Gasteiger partial charge < -0.3 is 10.6 Å². The third-order valence-corrected chi connectivity index (χ3v) is 3.30. The van der Waals surface area contributed by atoms with Crippen molar-refractivity contribution in [2.24, 2.45) is 0 Å². The Morgan fingerprint density at radius 1 is 0.870 bits per heavy atom. The first kappa shape index (κ1) is 15.1. The van der Waals surface area contributed by atoms with E-state index in [2.05, 4.69) is 20.6 Å². The van der Waals surface area contributed by atoms with Crippen LogP contribution < -0.4 is 21.6 Å². The Labute approximate surface area is 136 Å². The quantitative estimate of drug-likeness (QED) is 0.694. The standard InChI is InChI=1S/C16H15B2FN4/c17-10-3-1-5-12(7-10)21-15-14(19)9-20-16(23-15)22-13-6-2-4-11(18)8-13/h1-9H,17-18H2,(H2,20,21,22,23). The Morgan fingerprint density at radius 3 is 2.09 bits per heavy atom. The molecule has 0 aliphatic heterocycles. The van der Waals surface area contributed by atoms with Gasteiger partial charge in [-0.2, -0.15) is 4.98 Å². The summed E-state index contributed by atoms with van der Waals surface area (Å²) in [6, 6.07) is 15.5. The molecule has 0 unspecified atom stereocenters. The minimum Gasteiger partial charge on any atom is -0.338 e. The molecule has 23 heavy (non-hydrogen) atoms. The maximum absolute atomic E-state index is 13.9. The number of hydrogen-bond acceptors (Lipinski definition) is 4. The summed E-state index contributed by atoms with van der Waals surface area (Å²) in [4.78, 5) is 8.20. The van der Waals surface area contributed by atoms with E-state index in [1.807, 2.05) is 64.2 Å². The van der Waals surface area contributed by atoms with Gasteiger partial charge in [0.25, 0.3) is 0 Å². The Morgan fingerprint density at radius 2 is 1.48 bits per heavy atom. The summed E-state index contributed by atoms with van der Waals surface area (Å²) in [6.07, 6.45) is 1.16. The van der Waals surface area contributed by atoms with Crippen LogP contribution in [0.5, 0.6) is 0 Å². The first-order chi connectivity index (χ1) is 11.1. The number of anilines is 4. The largest absolute Gasteiger partial charge is 0.338 e. The second kappa shape index (κ2) is 6.52. The highest BCUT2D eigenvalue weighted by atomic mass is 19.1. The molecule has 3 aromatic rings. The van der Waals surface area contributed by atoms with Crippen LogP contribution in [0.1, 0.15) is 0 Å². The number of nitrogens with zero attached hydrogens (tertiary/aromatic N) is 2. The van der Waals surface area contributed by atoms with Gasteiger partial charge in [-0.3, -0.25) is 0 Å². The Hall–Kier alpha value is -2.82. The monoisotopic (exact) mass is 304 g/mol. The van der Waals surface area contributed by atoms with Gasteiger partial charge in [0, 0.05) is 11.4 Å². The lowest BCUT2D eigenvalue weighted by Crippen LogP contribution is -2.07. The molecule has 0 spiro atoms. The smallest absolute Gasteiger partial charge is 0.229 e. The minimum absolute atomic E-state index is 0.140. The van der Waals surface area contributed by atoms with Crippen LogP contribution in [0.15, 0.2) is 54.7 Å². The Bertz CT molecular complexity index is 842. The summed E-state index contributed by atoms with van der Waals surface area (Å²) in [6.45, 7) is 0. The molecule has 7 heteroatoms. The molecule has 2 aromatic carbocycles. The van der Waals surface area contributed by atoms with Gasteiger partial charge in [0.05, 0.1) is 6.20 Å². The van der Waals surface area contributed by atoms with Crippen LogP contribution in [0.2, 0.25) is 0 Å². The highest BCUT2D eigenvalue weighted by Crippen LogP contribution is 2.19. The Balaban J connectivity index is 1.84. The molecule has 0 atom stereocenters. The molecule has 0 bridgehead atoms. The number of nitrogens with one attached hydrogen (secondary N) is 2. The molecule has 0 aliphatic rings. The Kier molecular flexibility index (Phi) is 4.28. The lowest BCUT2D eigenvalue weighted by Gasteiger charge is -2.10. The van der Waals surface area contributed by atoms with Gasteiger partial charge in [-0.15, -0.1) is 0 Å². The summed E-state index contributed by atoms with van der Waals surface area (Å²) < 4.78 is 13.9. The summed E-state index contributed by atoms with van der Waals surface area (Å²) in [5.74, 6) is -0.0193. The zero-order valence-electron chi connectivity index (χ0n) is 13.0. The highest BCUT2D eigenvalue weighted by molar-refractivity contribution is 6.32. The van der Waals surface area contributed by atoms with Crippen molar-refractivity contribution >= 4 is 49.8 Å². The molecule has 0 fully saturated rings. The molecule has 0 aliphatic carbocycles. The average Bonchev–Trinajstić information content (AvgIpc) is 2.51. The molecule has 0 saturated carbocycles. The van der Waals surface area contributed by atoms with Crippen molar-refractivity contribution < 1.29 is 4.39 Å². The van der Waals surface area contributed by atoms with E-state index in [9.17, 15) is 4.39 Å². The fourth-order valence-electron chi connectivity index (χ4n) is 2.23. The van der Waals surface area contributed by atoms with Crippen LogP contribution in [0.25, 0.3) is 0 Å². The van der Waals surface area contributed by atoms with Crippen molar-refractivity contribution in [3.8, 4) is 0 Å². The minimum atomic E-state index is -0.499. The molecule has 1 aromatic heterocycles. The van der Waals surface area contributed by atoms with Crippen LogP contribution >= 0.6 is 0 Å². The predicted molar refractivity (Wildman–Crippen MR) is 97.8 cm³/mol. The normalized spacial score (nSPS) is 10.3. The number of benzene rings is 2. The highest BCUT2D eigenvalue weighted by Gasteiger charge is 2.08. The average molecular weight is 304 g/mol. The van der Waals surface area contributed by atoms with Crippen molar-refractivity contribution in [3.05, 3.63) is 60.5 Å². The van der Waals surface area contributed by atoms with E-state index < -0.39 is 5.82 Å². The molecular weight excluding hydrogens is 289 g/mol. The van der Waals surface area contributed by atoms with E-state index in [-0.39, 0.29) is 5.82 Å². The lowest BCUT2D eigenvalue weighted by atomic mass is 9.96. The van der Waals surface area contributed by atoms with Gasteiger partial charge in [-0.1, -0.05) is 35.2 Å². The van der Waals surface area contributed by atoms with Crippen LogP contribution in [-0.2, 0) is 0 Å². The second-order valence-electron chi connectivity index (χ2n) is 5.38. The molecule has 0 saturated heterocycles. The van der Waals surface area contributed by atoms with E-state index in [0.29, 0.717) is 5.95 Å². The molecule has 3 rings (SSSR count). The number of rotatable bonds is 4. The molecule has 112 valence electrons. The van der Waals surface area contributed by atoms with E-state index >= 15 is 0 Å². The fourth-order valence-corrected chi connectivity index (χ4v) is 2.23. The van der Waals surface area contributed by atoms with Gasteiger partial charge in [0.2, 0.25) is 5.95 Å². The van der Waals surface area contributed by atoms with E-state index in [4.69, 9.17) is 0 Å². The molecule has 4 nitrogen and oxygen atoms in total. The third-order valence-electron chi connectivity index (χ3n) is 3.30. The zero-order valence-corrected chi connectivity index (χ0v) is 13.0. The number of hydrogen-bond donors (Lipinski definition) is 2. The van der Waals surface area contributed by atoms with Gasteiger partial charge in [0.15, 0.2) is 11.6 Å². The van der Waals surface area contributed by atoms with Crippen molar-refractivity contribution in [3.63, 3.8) is 0 Å². The first-order valence-electron chi connectivity index (χ1n) is 7.30.